The maximum absolute atomic E-state index is 11.8. The summed E-state index contributed by atoms with van der Waals surface area (Å²) in [6, 6.07) is 3.48. The van der Waals surface area contributed by atoms with Crippen LogP contribution in [0.3, 0.4) is 0 Å². The predicted octanol–water partition coefficient (Wildman–Crippen LogP) is -0.408. The molecule has 1 aromatic heterocycles. The first-order chi connectivity index (χ1) is 9.15. The van der Waals surface area contributed by atoms with Crippen LogP contribution in [0, 0.1) is 0 Å². The summed E-state index contributed by atoms with van der Waals surface area (Å²) >= 11 is 0. The highest BCUT2D eigenvalue weighted by molar-refractivity contribution is 5.83. The first-order valence-corrected chi connectivity index (χ1v) is 6.11. The van der Waals surface area contributed by atoms with Gasteiger partial charge in [0, 0.05) is 32.2 Å². The Bertz CT molecular complexity index is 452. The Morgan fingerprint density at radius 3 is 3.11 bits per heavy atom. The van der Waals surface area contributed by atoms with Gasteiger partial charge in [-0.05, 0) is 6.07 Å². The number of rotatable bonds is 4. The summed E-state index contributed by atoms with van der Waals surface area (Å²) in [5.41, 5.74) is 0. The van der Waals surface area contributed by atoms with Gasteiger partial charge in [0.05, 0.1) is 13.1 Å². The molecule has 0 aliphatic carbocycles. The van der Waals surface area contributed by atoms with E-state index >= 15 is 0 Å². The van der Waals surface area contributed by atoms with Crippen LogP contribution in [0.1, 0.15) is 13.3 Å². The quantitative estimate of drug-likeness (QED) is 0.799. The fourth-order valence-corrected chi connectivity index (χ4v) is 1.88. The van der Waals surface area contributed by atoms with E-state index in [4.69, 9.17) is 4.74 Å². The van der Waals surface area contributed by atoms with Gasteiger partial charge in [-0.25, -0.2) is 0 Å². The monoisotopic (exact) mass is 264 g/mol. The molecule has 0 spiro atoms. The van der Waals surface area contributed by atoms with Gasteiger partial charge in [-0.15, -0.1) is 5.10 Å². The van der Waals surface area contributed by atoms with Gasteiger partial charge in [0.2, 0.25) is 17.7 Å². The predicted molar refractivity (Wildman–Crippen MR) is 66.3 cm³/mol. The molecule has 1 aliphatic rings. The molecular weight excluding hydrogens is 248 g/mol. The molecule has 1 atom stereocenters. The third kappa shape index (κ3) is 3.90. The van der Waals surface area contributed by atoms with Crippen LogP contribution in [0.2, 0.25) is 0 Å². The van der Waals surface area contributed by atoms with Crippen LogP contribution in [0.5, 0.6) is 5.88 Å². The van der Waals surface area contributed by atoms with Crippen molar-refractivity contribution in [1.29, 1.82) is 0 Å². The lowest BCUT2D eigenvalue weighted by atomic mass is 10.3. The summed E-state index contributed by atoms with van der Waals surface area (Å²) in [6.07, 6.45) is 2.26. The molecule has 102 valence electrons. The van der Waals surface area contributed by atoms with Crippen molar-refractivity contribution < 1.29 is 14.3 Å². The van der Waals surface area contributed by atoms with E-state index in [9.17, 15) is 9.59 Å². The molecule has 2 rings (SSSR count). The Labute approximate surface area is 110 Å². The van der Waals surface area contributed by atoms with Crippen LogP contribution >= 0.6 is 0 Å². The summed E-state index contributed by atoms with van der Waals surface area (Å²) < 4.78 is 5.63. The zero-order valence-electron chi connectivity index (χ0n) is 10.7. The number of hydrogen-bond donors (Lipinski definition) is 1. The number of carbonyl (C=O) groups is 2. The largest absolute Gasteiger partial charge is 0.471 e. The van der Waals surface area contributed by atoms with E-state index in [1.807, 2.05) is 0 Å². The Morgan fingerprint density at radius 2 is 2.42 bits per heavy atom. The highest BCUT2D eigenvalue weighted by atomic mass is 16.5. The molecule has 0 bridgehead atoms. The summed E-state index contributed by atoms with van der Waals surface area (Å²) in [7, 11) is 0. The first-order valence-electron chi connectivity index (χ1n) is 6.11. The lowest BCUT2D eigenvalue weighted by Crippen LogP contribution is -2.39. The highest BCUT2D eigenvalue weighted by Gasteiger charge is 2.27. The molecule has 1 N–H and O–H groups in total. The Balaban J connectivity index is 1.80. The van der Waals surface area contributed by atoms with E-state index in [0.29, 0.717) is 19.0 Å². The van der Waals surface area contributed by atoms with Crippen LogP contribution < -0.4 is 10.1 Å². The molecule has 1 aliphatic heterocycles. The summed E-state index contributed by atoms with van der Waals surface area (Å²) in [5, 5.41) is 10.1. The maximum Gasteiger partial charge on any atom is 0.242 e. The standard InChI is InChI=1S/C12H16N4O3/c1-9(17)13-7-12(18)16-6-4-10(8-16)19-11-3-2-5-14-15-11/h2-3,5,10H,4,6-8H2,1H3,(H,13,17)/t10-/m1/s1. The average Bonchev–Trinajstić information content (AvgIpc) is 2.85. The van der Waals surface area contributed by atoms with Crippen molar-refractivity contribution >= 4 is 11.8 Å². The molecule has 19 heavy (non-hydrogen) atoms. The van der Waals surface area contributed by atoms with Crippen LogP contribution in [0.4, 0.5) is 0 Å². The lowest BCUT2D eigenvalue weighted by Gasteiger charge is -2.16. The van der Waals surface area contributed by atoms with Gasteiger partial charge in [0.25, 0.3) is 0 Å². The second-order valence-electron chi connectivity index (χ2n) is 4.34. The smallest absolute Gasteiger partial charge is 0.242 e. The van der Waals surface area contributed by atoms with E-state index in [1.54, 1.807) is 23.2 Å². The fraction of sp³-hybridized carbons (Fsp3) is 0.500. The Morgan fingerprint density at radius 1 is 1.58 bits per heavy atom. The van der Waals surface area contributed by atoms with E-state index < -0.39 is 0 Å². The number of aromatic nitrogens is 2. The zero-order chi connectivity index (χ0) is 13.7. The van der Waals surface area contributed by atoms with Crippen LogP contribution in [0.25, 0.3) is 0 Å². The molecule has 7 nitrogen and oxygen atoms in total. The first kappa shape index (κ1) is 13.3. The molecule has 0 radical (unpaired) electrons. The normalized spacial score (nSPS) is 18.2. The molecule has 2 heterocycles. The van der Waals surface area contributed by atoms with E-state index in [2.05, 4.69) is 15.5 Å². The van der Waals surface area contributed by atoms with Gasteiger partial charge in [0.15, 0.2) is 0 Å². The van der Waals surface area contributed by atoms with Crippen molar-refractivity contribution in [2.24, 2.45) is 0 Å². The minimum Gasteiger partial charge on any atom is -0.471 e. The minimum absolute atomic E-state index is 0.0349. The number of likely N-dealkylation sites (tertiary alicyclic amines) is 1. The van der Waals surface area contributed by atoms with E-state index in [1.165, 1.54) is 6.92 Å². The van der Waals surface area contributed by atoms with Crippen molar-refractivity contribution in [3.63, 3.8) is 0 Å². The topological polar surface area (TPSA) is 84.4 Å². The second kappa shape index (κ2) is 6.12. The third-order valence-electron chi connectivity index (χ3n) is 2.82. The lowest BCUT2D eigenvalue weighted by molar-refractivity contribution is -0.131. The van der Waals surface area contributed by atoms with Crippen LogP contribution in [-0.2, 0) is 9.59 Å². The van der Waals surface area contributed by atoms with Crippen LogP contribution in [-0.4, -0.2) is 52.6 Å². The second-order valence-corrected chi connectivity index (χ2v) is 4.34. The Kier molecular flexibility index (Phi) is 4.27. The van der Waals surface area contributed by atoms with E-state index in [0.717, 1.165) is 6.42 Å². The summed E-state index contributed by atoms with van der Waals surface area (Å²) in [6.45, 7) is 2.56. The minimum atomic E-state index is -0.208. The average molecular weight is 264 g/mol. The Hall–Kier alpha value is -2.18. The summed E-state index contributed by atoms with van der Waals surface area (Å²) in [4.78, 5) is 24.2. The van der Waals surface area contributed by atoms with Gasteiger partial charge in [-0.1, -0.05) is 0 Å². The van der Waals surface area contributed by atoms with Gasteiger partial charge in [0.1, 0.15) is 6.10 Å². The zero-order valence-corrected chi connectivity index (χ0v) is 10.7. The summed E-state index contributed by atoms with van der Waals surface area (Å²) in [5.74, 6) is 0.156. The van der Waals surface area contributed by atoms with Crippen molar-refractivity contribution in [1.82, 2.24) is 20.4 Å². The van der Waals surface area contributed by atoms with Gasteiger partial charge in [-0.2, -0.15) is 5.10 Å². The number of amides is 2. The number of carbonyl (C=O) groups excluding carboxylic acids is 2. The molecule has 7 heteroatoms. The fourth-order valence-electron chi connectivity index (χ4n) is 1.88. The van der Waals surface area contributed by atoms with E-state index in [-0.39, 0.29) is 24.5 Å². The SMILES string of the molecule is CC(=O)NCC(=O)N1CC[C@@H](Oc2cccnn2)C1. The highest BCUT2D eigenvalue weighted by Crippen LogP contribution is 2.15. The molecule has 0 unspecified atom stereocenters. The number of ether oxygens (including phenoxy) is 1. The van der Waals surface area contributed by atoms with Gasteiger partial charge >= 0.3 is 0 Å². The molecule has 2 amide bonds. The van der Waals surface area contributed by atoms with Crippen molar-refractivity contribution in [2.75, 3.05) is 19.6 Å². The number of nitrogens with zero attached hydrogens (tertiary/aromatic N) is 3. The molecule has 1 saturated heterocycles. The van der Waals surface area contributed by atoms with Gasteiger partial charge in [-0.3, -0.25) is 9.59 Å². The molecule has 1 fully saturated rings. The van der Waals surface area contributed by atoms with Crippen molar-refractivity contribution in [3.05, 3.63) is 18.3 Å². The molecular formula is C12H16N4O3. The van der Waals surface area contributed by atoms with Crippen LogP contribution in [0.15, 0.2) is 18.3 Å². The van der Waals surface area contributed by atoms with Crippen molar-refractivity contribution in [2.45, 2.75) is 19.4 Å². The maximum atomic E-state index is 11.8. The molecule has 1 aromatic rings. The van der Waals surface area contributed by atoms with Gasteiger partial charge < -0.3 is 15.0 Å². The molecule has 0 aromatic carbocycles. The molecule has 0 saturated carbocycles. The third-order valence-corrected chi connectivity index (χ3v) is 2.82. The van der Waals surface area contributed by atoms with Crippen molar-refractivity contribution in [3.8, 4) is 5.88 Å². The number of nitrogens with one attached hydrogen (secondary N) is 1. The number of hydrogen-bond acceptors (Lipinski definition) is 5.